The third-order valence-corrected chi connectivity index (χ3v) is 6.95. The van der Waals surface area contributed by atoms with E-state index in [2.05, 4.69) is 29.4 Å². The van der Waals surface area contributed by atoms with E-state index in [-0.39, 0.29) is 12.3 Å². The molecule has 3 aromatic rings. The Hall–Kier alpha value is -2.55. The van der Waals surface area contributed by atoms with Gasteiger partial charge in [-0.2, -0.15) is 0 Å². The molecule has 1 amide bonds. The van der Waals surface area contributed by atoms with E-state index in [0.29, 0.717) is 30.6 Å². The quantitative estimate of drug-likeness (QED) is 0.519. The number of amides is 1. The van der Waals surface area contributed by atoms with Crippen molar-refractivity contribution in [3.8, 4) is 5.00 Å². The predicted molar refractivity (Wildman–Crippen MR) is 127 cm³/mol. The van der Waals surface area contributed by atoms with Gasteiger partial charge in [0.1, 0.15) is 16.9 Å². The van der Waals surface area contributed by atoms with Crippen LogP contribution in [0.1, 0.15) is 52.6 Å². The Morgan fingerprint density at radius 1 is 1.22 bits per heavy atom. The number of halogens is 1. The molecule has 168 valence electrons. The van der Waals surface area contributed by atoms with Crippen LogP contribution in [-0.2, 0) is 9.53 Å². The second-order valence-corrected chi connectivity index (χ2v) is 9.30. The highest BCUT2D eigenvalue weighted by Crippen LogP contribution is 2.39. The van der Waals surface area contributed by atoms with E-state index in [1.54, 1.807) is 11.3 Å². The zero-order chi connectivity index (χ0) is 22.8. The maximum Gasteiger partial charge on any atom is 0.222 e. The summed E-state index contributed by atoms with van der Waals surface area (Å²) >= 11 is 7.83. The fourth-order valence-electron chi connectivity index (χ4n) is 3.79. The Bertz CT molecular complexity index is 1170. The lowest BCUT2D eigenvalue weighted by molar-refractivity contribution is -0.121. The number of hydrogen-bond acceptors (Lipinski definition) is 6. The SMILES string of the molecule is CCOCCNC(=O)C[C@@H]1N=C(c2ccc(Cl)cc2)c2c(sc(C)c2C)-n2c(C)nnc21. The Labute approximate surface area is 196 Å². The number of ether oxygens (including phenoxy) is 1. The molecule has 2 aromatic heterocycles. The molecule has 0 saturated carbocycles. The van der Waals surface area contributed by atoms with E-state index in [9.17, 15) is 4.79 Å². The van der Waals surface area contributed by atoms with Crippen molar-refractivity contribution in [3.63, 3.8) is 0 Å². The first-order chi connectivity index (χ1) is 15.4. The van der Waals surface area contributed by atoms with Crippen LogP contribution in [0.25, 0.3) is 5.00 Å². The minimum atomic E-state index is -0.465. The van der Waals surface area contributed by atoms with Gasteiger partial charge >= 0.3 is 0 Å². The second-order valence-electron chi connectivity index (χ2n) is 7.66. The summed E-state index contributed by atoms with van der Waals surface area (Å²) in [6.07, 6.45) is 0.175. The van der Waals surface area contributed by atoms with Gasteiger partial charge in [-0.3, -0.25) is 14.4 Å². The largest absolute Gasteiger partial charge is 0.380 e. The van der Waals surface area contributed by atoms with Crippen molar-refractivity contribution in [1.82, 2.24) is 20.1 Å². The molecule has 3 heterocycles. The van der Waals surface area contributed by atoms with Crippen molar-refractivity contribution in [2.75, 3.05) is 19.8 Å². The molecule has 1 atom stereocenters. The van der Waals surface area contributed by atoms with Gasteiger partial charge in [0.15, 0.2) is 5.82 Å². The molecule has 0 unspecified atom stereocenters. The maximum atomic E-state index is 12.7. The number of thiophene rings is 1. The molecule has 0 aliphatic carbocycles. The van der Waals surface area contributed by atoms with Gasteiger partial charge in [-0.25, -0.2) is 0 Å². The summed E-state index contributed by atoms with van der Waals surface area (Å²) in [6, 6.07) is 7.19. The lowest BCUT2D eigenvalue weighted by Crippen LogP contribution is -2.28. The van der Waals surface area contributed by atoms with Gasteiger partial charge in [0.25, 0.3) is 0 Å². The monoisotopic (exact) mass is 471 g/mol. The van der Waals surface area contributed by atoms with Crippen LogP contribution in [0.4, 0.5) is 0 Å². The normalized spacial score (nSPS) is 15.0. The summed E-state index contributed by atoms with van der Waals surface area (Å²) in [7, 11) is 0. The van der Waals surface area contributed by atoms with Crippen molar-refractivity contribution in [3.05, 3.63) is 62.5 Å². The van der Waals surface area contributed by atoms with Crippen molar-refractivity contribution in [1.29, 1.82) is 0 Å². The first-order valence-corrected chi connectivity index (χ1v) is 11.8. The first-order valence-electron chi connectivity index (χ1n) is 10.6. The van der Waals surface area contributed by atoms with E-state index >= 15 is 0 Å². The van der Waals surface area contributed by atoms with Crippen LogP contribution in [-0.4, -0.2) is 46.1 Å². The van der Waals surface area contributed by atoms with Gasteiger partial charge in [-0.15, -0.1) is 21.5 Å². The molecule has 0 saturated heterocycles. The number of benzene rings is 1. The molecule has 4 rings (SSSR count). The number of carbonyl (C=O) groups is 1. The fourth-order valence-corrected chi connectivity index (χ4v) is 5.13. The van der Waals surface area contributed by atoms with E-state index in [0.717, 1.165) is 27.7 Å². The highest BCUT2D eigenvalue weighted by atomic mass is 35.5. The Morgan fingerprint density at radius 2 is 1.97 bits per heavy atom. The van der Waals surface area contributed by atoms with Gasteiger partial charge in [-0.05, 0) is 45.4 Å². The number of nitrogens with one attached hydrogen (secondary N) is 1. The fraction of sp³-hybridized carbons (Fsp3) is 0.391. The van der Waals surface area contributed by atoms with Crippen LogP contribution in [0.15, 0.2) is 29.3 Å². The summed E-state index contributed by atoms with van der Waals surface area (Å²) in [5.41, 5.74) is 4.02. The number of fused-ring (bicyclic) bond motifs is 3. The summed E-state index contributed by atoms with van der Waals surface area (Å²) in [5.74, 6) is 1.35. The lowest BCUT2D eigenvalue weighted by atomic mass is 9.99. The molecule has 0 spiro atoms. The molecule has 0 bridgehead atoms. The van der Waals surface area contributed by atoms with Gasteiger partial charge in [-0.1, -0.05) is 23.7 Å². The molecular formula is C23H26ClN5O2S. The van der Waals surface area contributed by atoms with E-state index in [1.807, 2.05) is 42.7 Å². The molecule has 9 heteroatoms. The molecule has 32 heavy (non-hydrogen) atoms. The van der Waals surface area contributed by atoms with Crippen molar-refractivity contribution >= 4 is 34.6 Å². The number of hydrogen-bond donors (Lipinski definition) is 1. The van der Waals surface area contributed by atoms with Gasteiger partial charge in [0.2, 0.25) is 5.91 Å². The van der Waals surface area contributed by atoms with Crippen LogP contribution in [0.2, 0.25) is 5.02 Å². The number of rotatable bonds is 7. The molecule has 1 N–H and O–H groups in total. The lowest BCUT2D eigenvalue weighted by Gasteiger charge is -2.13. The molecular weight excluding hydrogens is 446 g/mol. The number of aromatic nitrogens is 3. The molecule has 0 fully saturated rings. The highest BCUT2D eigenvalue weighted by Gasteiger charge is 2.32. The first kappa shape index (κ1) is 22.6. The number of nitrogens with zero attached hydrogens (tertiary/aromatic N) is 4. The number of aliphatic imine (C=N–C) groups is 1. The zero-order valence-corrected chi connectivity index (χ0v) is 20.2. The minimum absolute atomic E-state index is 0.0979. The average Bonchev–Trinajstić information content (AvgIpc) is 3.24. The molecule has 1 aliphatic rings. The van der Waals surface area contributed by atoms with Crippen molar-refractivity contribution < 1.29 is 9.53 Å². The summed E-state index contributed by atoms with van der Waals surface area (Å²) < 4.78 is 7.36. The molecule has 7 nitrogen and oxygen atoms in total. The Balaban J connectivity index is 1.79. The summed E-state index contributed by atoms with van der Waals surface area (Å²) in [5, 5.41) is 13.4. The van der Waals surface area contributed by atoms with Gasteiger partial charge in [0, 0.05) is 34.2 Å². The molecule has 1 aliphatic heterocycles. The standard InChI is InChI=1S/C23H26ClN5O2S/c1-5-31-11-10-25-19(30)12-18-22-28-27-15(4)29(22)23-20(13(2)14(3)32-23)21(26-18)16-6-8-17(24)9-7-16/h6-9,18H,5,10-12H2,1-4H3,(H,25,30)/t18-/m0/s1. The van der Waals surface area contributed by atoms with Crippen LogP contribution < -0.4 is 5.32 Å². The molecule has 0 radical (unpaired) electrons. The van der Waals surface area contributed by atoms with Crippen LogP contribution in [0, 0.1) is 20.8 Å². The van der Waals surface area contributed by atoms with Crippen molar-refractivity contribution in [2.24, 2.45) is 4.99 Å². The van der Waals surface area contributed by atoms with Crippen molar-refractivity contribution in [2.45, 2.75) is 40.2 Å². The summed E-state index contributed by atoms with van der Waals surface area (Å²) in [6.45, 7) is 9.64. The van der Waals surface area contributed by atoms with Gasteiger partial charge < -0.3 is 10.1 Å². The van der Waals surface area contributed by atoms with E-state index in [4.69, 9.17) is 21.3 Å². The Morgan fingerprint density at radius 3 is 2.69 bits per heavy atom. The predicted octanol–water partition coefficient (Wildman–Crippen LogP) is 4.34. The van der Waals surface area contributed by atoms with Gasteiger partial charge in [0.05, 0.1) is 18.7 Å². The maximum absolute atomic E-state index is 12.7. The number of carbonyl (C=O) groups excluding carboxylic acids is 1. The smallest absolute Gasteiger partial charge is 0.222 e. The third kappa shape index (κ3) is 4.35. The van der Waals surface area contributed by atoms with Crippen LogP contribution in [0.5, 0.6) is 0 Å². The average molecular weight is 472 g/mol. The Kier molecular flexibility index (Phi) is 6.74. The minimum Gasteiger partial charge on any atom is -0.380 e. The zero-order valence-electron chi connectivity index (χ0n) is 18.6. The van der Waals surface area contributed by atoms with E-state index < -0.39 is 6.04 Å². The third-order valence-electron chi connectivity index (χ3n) is 5.51. The second kappa shape index (κ2) is 9.52. The van der Waals surface area contributed by atoms with Crippen LogP contribution in [0.3, 0.4) is 0 Å². The molecule has 1 aromatic carbocycles. The van der Waals surface area contributed by atoms with Crippen LogP contribution >= 0.6 is 22.9 Å². The number of aryl methyl sites for hydroxylation is 2. The summed E-state index contributed by atoms with van der Waals surface area (Å²) in [4.78, 5) is 19.0. The topological polar surface area (TPSA) is 81.4 Å². The highest BCUT2D eigenvalue weighted by molar-refractivity contribution is 7.15. The van der Waals surface area contributed by atoms with E-state index in [1.165, 1.54) is 10.4 Å².